The van der Waals surface area contributed by atoms with Crippen LogP contribution in [0.2, 0.25) is 0 Å². The number of nitrogens with zero attached hydrogens (tertiary/aromatic N) is 2. The summed E-state index contributed by atoms with van der Waals surface area (Å²) in [5.41, 5.74) is 6.98. The fourth-order valence-corrected chi connectivity index (χ4v) is 4.59. The van der Waals surface area contributed by atoms with E-state index in [4.69, 9.17) is 4.74 Å². The van der Waals surface area contributed by atoms with Crippen LogP contribution in [0, 0.1) is 6.92 Å². The number of ether oxygens (including phenoxy) is 1. The van der Waals surface area contributed by atoms with Crippen molar-refractivity contribution in [1.82, 2.24) is 9.47 Å². The molecule has 4 nitrogen and oxygen atoms in total. The van der Waals surface area contributed by atoms with E-state index in [1.165, 1.54) is 24.1 Å². The quantitative estimate of drug-likeness (QED) is 0.581. The van der Waals surface area contributed by atoms with Gasteiger partial charge in [-0.15, -0.1) is 0 Å². The van der Waals surface area contributed by atoms with Crippen LogP contribution in [0.3, 0.4) is 0 Å². The van der Waals surface area contributed by atoms with Crippen LogP contribution in [0.1, 0.15) is 51.3 Å². The molecule has 1 aliphatic carbocycles. The van der Waals surface area contributed by atoms with Gasteiger partial charge in [0.05, 0.1) is 7.11 Å². The lowest BCUT2D eigenvalue weighted by Gasteiger charge is -2.21. The third-order valence-electron chi connectivity index (χ3n) is 6.13. The van der Waals surface area contributed by atoms with Gasteiger partial charge in [0.1, 0.15) is 11.4 Å². The fourth-order valence-electron chi connectivity index (χ4n) is 4.59. The number of aromatic nitrogens is 1. The molecule has 0 radical (unpaired) electrons. The largest absolute Gasteiger partial charge is 0.497 e. The molecule has 156 valence electrons. The van der Waals surface area contributed by atoms with Crippen LogP contribution in [0.25, 0.3) is 0 Å². The van der Waals surface area contributed by atoms with E-state index in [-0.39, 0.29) is 5.91 Å². The molecule has 1 heterocycles. The fraction of sp³-hybridized carbons (Fsp3) is 0.346. The Morgan fingerprint density at radius 1 is 1.03 bits per heavy atom. The van der Waals surface area contributed by atoms with Crippen molar-refractivity contribution in [3.63, 3.8) is 0 Å². The third-order valence-corrected chi connectivity index (χ3v) is 6.13. The Kier molecular flexibility index (Phi) is 5.93. The van der Waals surface area contributed by atoms with Crippen LogP contribution in [-0.2, 0) is 25.9 Å². The molecule has 0 aliphatic heterocycles. The van der Waals surface area contributed by atoms with Crippen molar-refractivity contribution in [2.75, 3.05) is 14.2 Å². The summed E-state index contributed by atoms with van der Waals surface area (Å²) in [7, 11) is 3.59. The van der Waals surface area contributed by atoms with Gasteiger partial charge < -0.3 is 14.2 Å². The lowest BCUT2D eigenvalue weighted by Crippen LogP contribution is -2.29. The number of fused-ring (bicyclic) bond motifs is 1. The van der Waals surface area contributed by atoms with Crippen LogP contribution >= 0.6 is 0 Å². The van der Waals surface area contributed by atoms with Crippen LogP contribution in [0.4, 0.5) is 0 Å². The molecule has 1 aliphatic rings. The van der Waals surface area contributed by atoms with Crippen LogP contribution in [0.5, 0.6) is 5.75 Å². The first-order valence-corrected chi connectivity index (χ1v) is 10.7. The zero-order valence-corrected chi connectivity index (χ0v) is 18.1. The molecule has 30 heavy (non-hydrogen) atoms. The molecule has 1 aromatic heterocycles. The number of hydrogen-bond acceptors (Lipinski definition) is 2. The van der Waals surface area contributed by atoms with E-state index < -0.39 is 0 Å². The zero-order chi connectivity index (χ0) is 21.1. The Labute approximate surface area is 179 Å². The van der Waals surface area contributed by atoms with E-state index in [9.17, 15) is 4.79 Å². The molecule has 0 saturated carbocycles. The summed E-state index contributed by atoms with van der Waals surface area (Å²) < 4.78 is 7.67. The monoisotopic (exact) mass is 402 g/mol. The van der Waals surface area contributed by atoms with Crippen molar-refractivity contribution in [2.45, 2.75) is 45.7 Å². The minimum Gasteiger partial charge on any atom is -0.497 e. The summed E-state index contributed by atoms with van der Waals surface area (Å²) >= 11 is 0. The van der Waals surface area contributed by atoms with Crippen LogP contribution in [0.15, 0.2) is 54.6 Å². The van der Waals surface area contributed by atoms with E-state index in [1.807, 2.05) is 42.3 Å². The molecule has 4 heteroatoms. The van der Waals surface area contributed by atoms with Gasteiger partial charge in [0.2, 0.25) is 0 Å². The third kappa shape index (κ3) is 4.00. The number of rotatable bonds is 6. The van der Waals surface area contributed by atoms with Gasteiger partial charge in [-0.2, -0.15) is 0 Å². The first-order valence-electron chi connectivity index (χ1n) is 10.7. The predicted molar refractivity (Wildman–Crippen MR) is 120 cm³/mol. The minimum atomic E-state index is 0.0913. The van der Waals surface area contributed by atoms with Crippen LogP contribution < -0.4 is 4.74 Å². The zero-order valence-electron chi connectivity index (χ0n) is 18.1. The summed E-state index contributed by atoms with van der Waals surface area (Å²) in [4.78, 5) is 15.4. The molecular weight excluding hydrogens is 372 g/mol. The second-order valence-electron chi connectivity index (χ2n) is 8.19. The first-order chi connectivity index (χ1) is 14.6. The van der Waals surface area contributed by atoms with Crippen LogP contribution in [-0.4, -0.2) is 29.5 Å². The lowest BCUT2D eigenvalue weighted by atomic mass is 9.95. The molecule has 0 atom stereocenters. The highest BCUT2D eigenvalue weighted by Gasteiger charge is 2.28. The van der Waals surface area contributed by atoms with Crippen molar-refractivity contribution in [3.8, 4) is 5.75 Å². The summed E-state index contributed by atoms with van der Waals surface area (Å²) in [5.74, 6) is 0.938. The maximum Gasteiger partial charge on any atom is 0.270 e. The van der Waals surface area contributed by atoms with Crippen molar-refractivity contribution >= 4 is 5.91 Å². The number of benzene rings is 2. The Bertz CT molecular complexity index is 1040. The summed E-state index contributed by atoms with van der Waals surface area (Å²) in [6, 6.07) is 18.3. The smallest absolute Gasteiger partial charge is 0.270 e. The summed E-state index contributed by atoms with van der Waals surface area (Å²) in [6.45, 7) is 3.41. The maximum absolute atomic E-state index is 13.6. The van der Waals surface area contributed by atoms with Gasteiger partial charge in [-0.05, 0) is 67.0 Å². The molecule has 0 unspecified atom stereocenters. The van der Waals surface area contributed by atoms with E-state index in [2.05, 4.69) is 35.8 Å². The molecule has 1 amide bonds. The van der Waals surface area contributed by atoms with Gasteiger partial charge in [0.25, 0.3) is 5.91 Å². The molecule has 0 N–H and O–H groups in total. The summed E-state index contributed by atoms with van der Waals surface area (Å²) in [6.07, 6.45) is 4.48. The van der Waals surface area contributed by atoms with Crippen molar-refractivity contribution in [1.29, 1.82) is 0 Å². The molecule has 3 aromatic rings. The maximum atomic E-state index is 13.6. The predicted octanol–water partition coefficient (Wildman–Crippen LogP) is 5.00. The Balaban J connectivity index is 1.71. The Hall–Kier alpha value is -3.01. The molecule has 0 bridgehead atoms. The Morgan fingerprint density at radius 2 is 1.77 bits per heavy atom. The molecule has 0 spiro atoms. The topological polar surface area (TPSA) is 34.5 Å². The standard InChI is InChI=1S/C26H30N2O2/c1-19-23-14-7-8-15-24(23)28(18-21-12-9-13-22(16-21)30-3)25(19)26(29)27(2)17-20-10-5-4-6-11-20/h4-6,9-13,16H,7-8,14-15,17-18H2,1-3H3. The summed E-state index contributed by atoms with van der Waals surface area (Å²) in [5, 5.41) is 0. The molecular formula is C26H30N2O2. The van der Waals surface area contributed by atoms with E-state index in [0.717, 1.165) is 41.0 Å². The number of carbonyl (C=O) groups excluding carboxylic acids is 1. The van der Waals surface area contributed by atoms with Gasteiger partial charge in [-0.25, -0.2) is 0 Å². The van der Waals surface area contributed by atoms with E-state index in [0.29, 0.717) is 13.1 Å². The number of hydrogen-bond donors (Lipinski definition) is 0. The van der Waals surface area contributed by atoms with E-state index >= 15 is 0 Å². The van der Waals surface area contributed by atoms with Gasteiger partial charge in [-0.1, -0.05) is 42.5 Å². The van der Waals surface area contributed by atoms with Crippen molar-refractivity contribution in [2.24, 2.45) is 0 Å². The van der Waals surface area contributed by atoms with Crippen molar-refractivity contribution < 1.29 is 9.53 Å². The molecule has 0 saturated heterocycles. The SMILES string of the molecule is COc1cccc(Cn2c3c(c(C)c2C(=O)N(C)Cc2ccccc2)CCCC3)c1. The number of methoxy groups -OCH3 is 1. The van der Waals surface area contributed by atoms with Gasteiger partial charge >= 0.3 is 0 Å². The average molecular weight is 403 g/mol. The highest BCUT2D eigenvalue weighted by atomic mass is 16.5. The number of amides is 1. The van der Waals surface area contributed by atoms with Gasteiger partial charge in [-0.3, -0.25) is 4.79 Å². The first kappa shape index (κ1) is 20.3. The minimum absolute atomic E-state index is 0.0913. The highest BCUT2D eigenvalue weighted by molar-refractivity contribution is 5.95. The molecule has 0 fully saturated rings. The van der Waals surface area contributed by atoms with E-state index in [1.54, 1.807) is 7.11 Å². The highest BCUT2D eigenvalue weighted by Crippen LogP contribution is 2.31. The van der Waals surface area contributed by atoms with Gasteiger partial charge in [0.15, 0.2) is 0 Å². The van der Waals surface area contributed by atoms with Gasteiger partial charge in [0, 0.05) is 25.8 Å². The normalized spacial score (nSPS) is 13.0. The molecule has 4 rings (SSSR count). The average Bonchev–Trinajstić information content (AvgIpc) is 3.05. The lowest BCUT2D eigenvalue weighted by molar-refractivity contribution is 0.0773. The van der Waals surface area contributed by atoms with Crippen molar-refractivity contribution in [3.05, 3.63) is 88.2 Å². The Morgan fingerprint density at radius 3 is 2.53 bits per heavy atom. The molecule has 2 aromatic carbocycles. The second-order valence-corrected chi connectivity index (χ2v) is 8.19. The second kappa shape index (κ2) is 8.78. The number of carbonyl (C=O) groups is 1.